The van der Waals surface area contributed by atoms with Crippen LogP contribution in [0.2, 0.25) is 0 Å². The minimum Gasteiger partial charge on any atom is -0.377 e. The first-order chi connectivity index (χ1) is 12.4. The second-order valence-electron chi connectivity index (χ2n) is 9.28. The molecule has 6 unspecified atom stereocenters. The normalized spacial score (nSPS) is 46.9. The summed E-state index contributed by atoms with van der Waals surface area (Å²) >= 11 is 0. The Labute approximate surface area is 160 Å². The molecule has 2 heteroatoms. The van der Waals surface area contributed by atoms with Crippen LogP contribution in [0.15, 0.2) is 24.3 Å². The van der Waals surface area contributed by atoms with E-state index in [2.05, 4.69) is 26.5 Å². The Kier molecular flexibility index (Phi) is 5.55. The molecule has 0 saturated heterocycles. The fraction of sp³-hybridized carbons (Fsp3) is 0.792. The summed E-state index contributed by atoms with van der Waals surface area (Å²) in [5, 5.41) is 0. The standard InChI is InChI=1S/C22H32O2.C2H6/c1-5-14-6-7-17-16-13-20(24-4)19-12-15(23)8-10-22(19,3)18(16)9-11-21(14,17)2;1-2/h5,12,14,16-18,20H,1,6-11,13H2,2-4H3;1-2H3/t14?,16?,17?,18?,20-,21?,22?;/m1./s1. The molecule has 0 aromatic carbocycles. The molecule has 26 heavy (non-hydrogen) atoms. The molecule has 0 N–H and O–H groups in total. The predicted molar refractivity (Wildman–Crippen MR) is 108 cm³/mol. The number of methoxy groups -OCH3 is 1. The lowest BCUT2D eigenvalue weighted by molar-refractivity contribution is -0.119. The van der Waals surface area contributed by atoms with Gasteiger partial charge in [0.25, 0.3) is 0 Å². The lowest BCUT2D eigenvalue weighted by Crippen LogP contribution is -2.54. The summed E-state index contributed by atoms with van der Waals surface area (Å²) in [4.78, 5) is 12.1. The molecule has 0 aromatic rings. The largest absolute Gasteiger partial charge is 0.377 e. The Bertz CT molecular complexity index is 591. The summed E-state index contributed by atoms with van der Waals surface area (Å²) < 4.78 is 5.92. The maximum Gasteiger partial charge on any atom is 0.155 e. The maximum atomic E-state index is 12.1. The number of hydrogen-bond donors (Lipinski definition) is 0. The minimum atomic E-state index is 0.144. The van der Waals surface area contributed by atoms with Crippen molar-refractivity contribution >= 4 is 5.78 Å². The maximum absolute atomic E-state index is 12.1. The van der Waals surface area contributed by atoms with Gasteiger partial charge in [-0.1, -0.05) is 33.8 Å². The van der Waals surface area contributed by atoms with Gasteiger partial charge >= 0.3 is 0 Å². The Morgan fingerprint density at radius 3 is 2.54 bits per heavy atom. The van der Waals surface area contributed by atoms with Gasteiger partial charge in [-0.3, -0.25) is 4.79 Å². The first-order valence-electron chi connectivity index (χ1n) is 10.8. The van der Waals surface area contributed by atoms with Crippen LogP contribution in [0.25, 0.3) is 0 Å². The van der Waals surface area contributed by atoms with Gasteiger partial charge in [0.15, 0.2) is 5.78 Å². The zero-order valence-corrected chi connectivity index (χ0v) is 17.5. The molecule has 0 radical (unpaired) electrons. The predicted octanol–water partition coefficient (Wildman–Crippen LogP) is 5.97. The van der Waals surface area contributed by atoms with E-state index in [9.17, 15) is 4.79 Å². The van der Waals surface area contributed by atoms with Crippen LogP contribution in [-0.2, 0) is 9.53 Å². The summed E-state index contributed by atoms with van der Waals surface area (Å²) in [6.45, 7) is 13.1. The van der Waals surface area contributed by atoms with Crippen molar-refractivity contribution in [2.45, 2.75) is 78.7 Å². The summed E-state index contributed by atoms with van der Waals surface area (Å²) in [5.74, 6) is 3.25. The molecule has 0 bridgehead atoms. The molecule has 4 rings (SSSR count). The Hall–Kier alpha value is -0.890. The van der Waals surface area contributed by atoms with Crippen molar-refractivity contribution in [2.24, 2.45) is 34.5 Å². The zero-order valence-electron chi connectivity index (χ0n) is 17.5. The third kappa shape index (κ3) is 2.75. The molecule has 0 heterocycles. The molecular weight excluding hydrogens is 320 g/mol. The van der Waals surface area contributed by atoms with Crippen molar-refractivity contribution in [3.8, 4) is 0 Å². The number of allylic oxidation sites excluding steroid dienone is 1. The van der Waals surface area contributed by atoms with Crippen molar-refractivity contribution in [3.63, 3.8) is 0 Å². The zero-order chi connectivity index (χ0) is 19.1. The lowest BCUT2D eigenvalue weighted by Gasteiger charge is -2.59. The number of ketones is 1. The van der Waals surface area contributed by atoms with Crippen LogP contribution in [0.5, 0.6) is 0 Å². The van der Waals surface area contributed by atoms with Crippen molar-refractivity contribution < 1.29 is 9.53 Å². The molecule has 0 amide bonds. The molecule has 7 atom stereocenters. The van der Waals surface area contributed by atoms with Gasteiger partial charge in [0.05, 0.1) is 6.10 Å². The van der Waals surface area contributed by atoms with Crippen LogP contribution in [0.3, 0.4) is 0 Å². The first-order valence-corrected chi connectivity index (χ1v) is 10.8. The van der Waals surface area contributed by atoms with E-state index in [0.29, 0.717) is 17.1 Å². The van der Waals surface area contributed by atoms with E-state index in [0.717, 1.165) is 37.0 Å². The third-order valence-corrected chi connectivity index (χ3v) is 8.60. The van der Waals surface area contributed by atoms with Gasteiger partial charge in [0.2, 0.25) is 0 Å². The summed E-state index contributed by atoms with van der Waals surface area (Å²) in [6.07, 6.45) is 12.5. The van der Waals surface area contributed by atoms with E-state index in [1.165, 1.54) is 31.3 Å². The summed E-state index contributed by atoms with van der Waals surface area (Å²) in [5.41, 5.74) is 1.92. The van der Waals surface area contributed by atoms with Gasteiger partial charge in [-0.15, -0.1) is 6.58 Å². The van der Waals surface area contributed by atoms with Crippen LogP contribution in [0, 0.1) is 34.5 Å². The highest BCUT2D eigenvalue weighted by atomic mass is 16.5. The molecule has 0 spiro atoms. The fourth-order valence-corrected chi connectivity index (χ4v) is 7.23. The van der Waals surface area contributed by atoms with Crippen molar-refractivity contribution in [2.75, 3.05) is 7.11 Å². The quantitative estimate of drug-likeness (QED) is 0.568. The van der Waals surface area contributed by atoms with E-state index in [4.69, 9.17) is 4.74 Å². The number of ether oxygens (including phenoxy) is 1. The van der Waals surface area contributed by atoms with E-state index in [1.54, 1.807) is 0 Å². The fourth-order valence-electron chi connectivity index (χ4n) is 7.23. The average Bonchev–Trinajstić information content (AvgIpc) is 3.00. The number of rotatable bonds is 2. The van der Waals surface area contributed by atoms with E-state index in [-0.39, 0.29) is 11.5 Å². The molecule has 0 aliphatic heterocycles. The highest BCUT2D eigenvalue weighted by Gasteiger charge is 2.60. The van der Waals surface area contributed by atoms with Crippen LogP contribution in [0.4, 0.5) is 0 Å². The molecular formula is C24H38O2. The number of hydrogen-bond acceptors (Lipinski definition) is 2. The molecule has 0 aromatic heterocycles. The topological polar surface area (TPSA) is 26.3 Å². The van der Waals surface area contributed by atoms with Gasteiger partial charge in [0.1, 0.15) is 0 Å². The van der Waals surface area contributed by atoms with Crippen LogP contribution >= 0.6 is 0 Å². The highest BCUT2D eigenvalue weighted by Crippen LogP contribution is 2.66. The average molecular weight is 359 g/mol. The van der Waals surface area contributed by atoms with Crippen molar-refractivity contribution in [3.05, 3.63) is 24.3 Å². The van der Waals surface area contributed by atoms with Crippen molar-refractivity contribution in [1.82, 2.24) is 0 Å². The van der Waals surface area contributed by atoms with Gasteiger partial charge in [-0.2, -0.15) is 0 Å². The molecule has 3 saturated carbocycles. The van der Waals surface area contributed by atoms with Crippen LogP contribution in [0.1, 0.15) is 72.6 Å². The highest BCUT2D eigenvalue weighted by molar-refractivity contribution is 5.91. The van der Waals surface area contributed by atoms with Gasteiger partial charge in [-0.05, 0) is 84.7 Å². The van der Waals surface area contributed by atoms with Gasteiger partial charge in [-0.25, -0.2) is 0 Å². The van der Waals surface area contributed by atoms with Crippen LogP contribution in [-0.4, -0.2) is 19.0 Å². The lowest BCUT2D eigenvalue weighted by atomic mass is 9.46. The van der Waals surface area contributed by atoms with Crippen LogP contribution < -0.4 is 0 Å². The minimum absolute atomic E-state index is 0.144. The smallest absolute Gasteiger partial charge is 0.155 e. The van der Waals surface area contributed by atoms with E-state index in [1.807, 2.05) is 27.0 Å². The molecule has 3 fully saturated rings. The number of fused-ring (bicyclic) bond motifs is 5. The van der Waals surface area contributed by atoms with Crippen molar-refractivity contribution in [1.29, 1.82) is 0 Å². The molecule has 4 aliphatic carbocycles. The Morgan fingerprint density at radius 1 is 1.15 bits per heavy atom. The monoisotopic (exact) mass is 358 g/mol. The molecule has 4 aliphatic rings. The molecule has 2 nitrogen and oxygen atoms in total. The second kappa shape index (κ2) is 7.26. The Balaban J connectivity index is 0.000000948. The summed E-state index contributed by atoms with van der Waals surface area (Å²) in [6, 6.07) is 0. The summed E-state index contributed by atoms with van der Waals surface area (Å²) in [7, 11) is 1.83. The number of carbonyl (C=O) groups is 1. The number of carbonyl (C=O) groups excluding carboxylic acids is 1. The van der Waals surface area contributed by atoms with E-state index < -0.39 is 0 Å². The Morgan fingerprint density at radius 2 is 1.88 bits per heavy atom. The third-order valence-electron chi connectivity index (χ3n) is 8.60. The molecule has 146 valence electrons. The van der Waals surface area contributed by atoms with Gasteiger partial charge < -0.3 is 4.74 Å². The van der Waals surface area contributed by atoms with E-state index >= 15 is 0 Å². The first kappa shape index (κ1) is 19.9. The SMILES string of the molecule is C=CC1CCC2C3C[C@@H](OC)C4=CC(=O)CCC4(C)C3CCC12C.CC. The second-order valence-corrected chi connectivity index (χ2v) is 9.28. The van der Waals surface area contributed by atoms with Gasteiger partial charge in [0, 0.05) is 13.5 Å².